The third-order valence-electron chi connectivity index (χ3n) is 2.49. The fourth-order valence-corrected chi connectivity index (χ4v) is 2.05. The fourth-order valence-electron chi connectivity index (χ4n) is 1.57. The Hall–Kier alpha value is -0.580. The van der Waals surface area contributed by atoms with Gasteiger partial charge in [-0.1, -0.05) is 36.7 Å². The van der Waals surface area contributed by atoms with Crippen LogP contribution in [-0.2, 0) is 5.41 Å². The largest absolute Gasteiger partial charge is 0.507 e. The number of aromatic hydroxyl groups is 1. The molecule has 0 fully saturated rings. The van der Waals surface area contributed by atoms with Crippen molar-refractivity contribution in [3.05, 3.63) is 27.7 Å². The Labute approximate surface area is 104 Å². The van der Waals surface area contributed by atoms with Crippen molar-refractivity contribution >= 4 is 15.9 Å². The number of halogens is 1. The first kappa shape index (κ1) is 13.5. The van der Waals surface area contributed by atoms with Crippen molar-refractivity contribution in [1.82, 2.24) is 0 Å². The quantitative estimate of drug-likeness (QED) is 0.783. The van der Waals surface area contributed by atoms with Crippen molar-refractivity contribution in [2.24, 2.45) is 5.73 Å². The molecule has 4 N–H and O–H groups in total. The number of hydrogen-bond acceptors (Lipinski definition) is 3. The Morgan fingerprint density at radius 3 is 2.38 bits per heavy atom. The standard InChI is InChI=1S/C12H18BrNO2/c1-12(2,3)9-5-7(13)4-8(11(9)16)10(15)6-14/h4-5,10,15-16H,6,14H2,1-3H3. The zero-order chi connectivity index (χ0) is 12.5. The lowest BCUT2D eigenvalue weighted by Gasteiger charge is -2.23. The first-order chi connectivity index (χ1) is 7.27. The van der Waals surface area contributed by atoms with E-state index in [-0.39, 0.29) is 17.7 Å². The SMILES string of the molecule is CC(C)(C)c1cc(Br)cc(C(O)CN)c1O. The number of phenolic OH excluding ortho intramolecular Hbond substituents is 1. The fraction of sp³-hybridized carbons (Fsp3) is 0.500. The maximum absolute atomic E-state index is 10.1. The van der Waals surface area contributed by atoms with E-state index in [0.29, 0.717) is 5.56 Å². The van der Waals surface area contributed by atoms with Crippen LogP contribution in [0.5, 0.6) is 5.75 Å². The normalized spacial score (nSPS) is 13.9. The molecular weight excluding hydrogens is 270 g/mol. The van der Waals surface area contributed by atoms with Crippen molar-refractivity contribution in [2.75, 3.05) is 6.54 Å². The maximum Gasteiger partial charge on any atom is 0.125 e. The summed E-state index contributed by atoms with van der Waals surface area (Å²) in [4.78, 5) is 0. The van der Waals surface area contributed by atoms with Gasteiger partial charge in [0, 0.05) is 22.1 Å². The molecule has 3 nitrogen and oxygen atoms in total. The van der Waals surface area contributed by atoms with Crippen molar-refractivity contribution in [1.29, 1.82) is 0 Å². The van der Waals surface area contributed by atoms with Crippen LogP contribution in [0.15, 0.2) is 16.6 Å². The zero-order valence-electron chi connectivity index (χ0n) is 9.79. The monoisotopic (exact) mass is 287 g/mol. The molecule has 0 aliphatic heterocycles. The first-order valence-electron chi connectivity index (χ1n) is 5.18. The van der Waals surface area contributed by atoms with E-state index in [4.69, 9.17) is 5.73 Å². The summed E-state index contributed by atoms with van der Waals surface area (Å²) in [6, 6.07) is 3.56. The van der Waals surface area contributed by atoms with Crippen LogP contribution in [0.3, 0.4) is 0 Å². The highest BCUT2D eigenvalue weighted by Crippen LogP contribution is 2.38. The Bertz CT molecular complexity index is 385. The number of phenols is 1. The van der Waals surface area contributed by atoms with Gasteiger partial charge in [0.1, 0.15) is 5.75 Å². The number of nitrogens with two attached hydrogens (primary N) is 1. The van der Waals surface area contributed by atoms with Crippen LogP contribution in [0.25, 0.3) is 0 Å². The molecule has 0 bridgehead atoms. The molecule has 0 aromatic heterocycles. The second-order valence-electron chi connectivity index (χ2n) is 4.89. The summed E-state index contributed by atoms with van der Waals surface area (Å²) in [5.74, 6) is 0.133. The number of benzene rings is 1. The highest BCUT2D eigenvalue weighted by molar-refractivity contribution is 9.10. The van der Waals surface area contributed by atoms with Crippen LogP contribution in [0, 0.1) is 0 Å². The topological polar surface area (TPSA) is 66.5 Å². The number of hydrogen-bond donors (Lipinski definition) is 3. The van der Waals surface area contributed by atoms with Crippen molar-refractivity contribution in [2.45, 2.75) is 32.3 Å². The van der Waals surface area contributed by atoms with Crippen LogP contribution in [0.1, 0.15) is 38.0 Å². The van der Waals surface area contributed by atoms with Gasteiger partial charge >= 0.3 is 0 Å². The molecule has 4 heteroatoms. The van der Waals surface area contributed by atoms with Gasteiger partial charge < -0.3 is 15.9 Å². The van der Waals surface area contributed by atoms with Crippen molar-refractivity contribution in [3.63, 3.8) is 0 Å². The Morgan fingerprint density at radius 1 is 1.38 bits per heavy atom. The molecule has 0 aliphatic carbocycles. The molecule has 0 amide bonds. The van der Waals surface area contributed by atoms with Gasteiger partial charge in [0.05, 0.1) is 6.10 Å². The number of aliphatic hydroxyl groups is 1. The van der Waals surface area contributed by atoms with Crippen LogP contribution < -0.4 is 5.73 Å². The molecule has 0 saturated heterocycles. The number of rotatable bonds is 2. The van der Waals surface area contributed by atoms with Crippen LogP contribution in [0.4, 0.5) is 0 Å². The van der Waals surface area contributed by atoms with Crippen molar-refractivity contribution in [3.8, 4) is 5.75 Å². The van der Waals surface area contributed by atoms with Gasteiger partial charge in [0.2, 0.25) is 0 Å². The average molecular weight is 288 g/mol. The lowest BCUT2D eigenvalue weighted by atomic mass is 9.84. The second kappa shape index (κ2) is 4.73. The zero-order valence-corrected chi connectivity index (χ0v) is 11.4. The number of aliphatic hydroxyl groups excluding tert-OH is 1. The van der Waals surface area contributed by atoms with E-state index in [1.54, 1.807) is 6.07 Å². The lowest BCUT2D eigenvalue weighted by molar-refractivity contribution is 0.182. The molecule has 0 saturated carbocycles. The molecule has 0 spiro atoms. The molecule has 0 radical (unpaired) electrons. The Kier molecular flexibility index (Phi) is 3.99. The van der Waals surface area contributed by atoms with Gasteiger partial charge in [-0.05, 0) is 17.5 Å². The van der Waals surface area contributed by atoms with Gasteiger partial charge in [0.15, 0.2) is 0 Å². The van der Waals surface area contributed by atoms with Crippen LogP contribution >= 0.6 is 15.9 Å². The van der Waals surface area contributed by atoms with E-state index in [1.807, 2.05) is 26.8 Å². The van der Waals surface area contributed by atoms with Crippen LogP contribution in [-0.4, -0.2) is 16.8 Å². The first-order valence-corrected chi connectivity index (χ1v) is 5.97. The molecule has 1 rings (SSSR count). The Morgan fingerprint density at radius 2 is 1.94 bits per heavy atom. The predicted molar refractivity (Wildman–Crippen MR) is 68.5 cm³/mol. The van der Waals surface area contributed by atoms with Gasteiger partial charge in [0.25, 0.3) is 0 Å². The highest BCUT2D eigenvalue weighted by atomic mass is 79.9. The minimum Gasteiger partial charge on any atom is -0.507 e. The smallest absolute Gasteiger partial charge is 0.125 e. The van der Waals surface area contributed by atoms with E-state index in [0.717, 1.165) is 10.0 Å². The minimum atomic E-state index is -0.835. The van der Waals surface area contributed by atoms with E-state index < -0.39 is 6.10 Å². The minimum absolute atomic E-state index is 0.0909. The van der Waals surface area contributed by atoms with E-state index in [2.05, 4.69) is 15.9 Å². The van der Waals surface area contributed by atoms with E-state index >= 15 is 0 Å². The molecular formula is C12H18BrNO2. The molecule has 90 valence electrons. The van der Waals surface area contributed by atoms with Gasteiger partial charge in [-0.15, -0.1) is 0 Å². The van der Waals surface area contributed by atoms with Gasteiger partial charge in [-0.25, -0.2) is 0 Å². The van der Waals surface area contributed by atoms with E-state index in [1.165, 1.54) is 0 Å². The molecule has 1 aromatic carbocycles. The molecule has 1 atom stereocenters. The molecule has 1 unspecified atom stereocenters. The summed E-state index contributed by atoms with van der Waals surface area (Å²) in [6.07, 6.45) is -0.835. The van der Waals surface area contributed by atoms with Gasteiger partial charge in [-0.3, -0.25) is 0 Å². The summed E-state index contributed by atoms with van der Waals surface area (Å²) >= 11 is 3.37. The molecule has 0 heterocycles. The third-order valence-corrected chi connectivity index (χ3v) is 2.95. The third kappa shape index (κ3) is 2.75. The maximum atomic E-state index is 10.1. The average Bonchev–Trinajstić information content (AvgIpc) is 2.18. The summed E-state index contributed by atoms with van der Waals surface area (Å²) in [5.41, 5.74) is 6.49. The summed E-state index contributed by atoms with van der Waals surface area (Å²) in [7, 11) is 0. The molecule has 16 heavy (non-hydrogen) atoms. The Balaban J connectivity index is 3.38. The van der Waals surface area contributed by atoms with Gasteiger partial charge in [-0.2, -0.15) is 0 Å². The lowest BCUT2D eigenvalue weighted by Crippen LogP contribution is -2.16. The molecule has 1 aromatic rings. The highest BCUT2D eigenvalue weighted by Gasteiger charge is 2.23. The van der Waals surface area contributed by atoms with Crippen LogP contribution in [0.2, 0.25) is 0 Å². The van der Waals surface area contributed by atoms with Crippen molar-refractivity contribution < 1.29 is 10.2 Å². The summed E-state index contributed by atoms with van der Waals surface area (Å²) in [6.45, 7) is 6.11. The summed E-state index contributed by atoms with van der Waals surface area (Å²) < 4.78 is 0.831. The predicted octanol–water partition coefficient (Wildman–Crippen LogP) is 2.44. The van der Waals surface area contributed by atoms with E-state index in [9.17, 15) is 10.2 Å². The summed E-state index contributed by atoms with van der Waals surface area (Å²) in [5, 5.41) is 19.8. The molecule has 0 aliphatic rings. The second-order valence-corrected chi connectivity index (χ2v) is 5.81.